The zero-order valence-electron chi connectivity index (χ0n) is 19.7. The molecule has 0 saturated heterocycles. The number of nitrogens with zero attached hydrogens (tertiary/aromatic N) is 1. The third kappa shape index (κ3) is 4.94. The van der Waals surface area contributed by atoms with Crippen molar-refractivity contribution in [2.24, 2.45) is 4.99 Å². The molecule has 0 radical (unpaired) electrons. The SMILES string of the molecule is CCOc1cc(/C=C2\N=C(c3ccc4ccccc4c3)OC2=O)ccc1OCc1ccccc1C. The summed E-state index contributed by atoms with van der Waals surface area (Å²) < 4.78 is 17.3. The van der Waals surface area contributed by atoms with E-state index in [2.05, 4.69) is 18.0 Å². The van der Waals surface area contributed by atoms with Crippen LogP contribution in [-0.4, -0.2) is 18.5 Å². The summed E-state index contributed by atoms with van der Waals surface area (Å²) in [5.41, 5.74) is 4.06. The molecule has 0 spiro atoms. The van der Waals surface area contributed by atoms with Crippen molar-refractivity contribution in [1.82, 2.24) is 0 Å². The first kappa shape index (κ1) is 22.4. The van der Waals surface area contributed by atoms with Gasteiger partial charge in [0.05, 0.1) is 6.61 Å². The third-order valence-electron chi connectivity index (χ3n) is 5.83. The molecule has 4 aromatic rings. The number of aryl methyl sites for hydroxylation is 1. The summed E-state index contributed by atoms with van der Waals surface area (Å²) in [4.78, 5) is 17.0. The number of rotatable bonds is 7. The molecule has 1 aliphatic heterocycles. The number of esters is 1. The predicted molar refractivity (Wildman–Crippen MR) is 138 cm³/mol. The second-order valence-electron chi connectivity index (χ2n) is 8.25. The summed E-state index contributed by atoms with van der Waals surface area (Å²) in [5, 5.41) is 2.17. The molecule has 0 amide bonds. The van der Waals surface area contributed by atoms with Crippen LogP contribution in [0.25, 0.3) is 16.8 Å². The van der Waals surface area contributed by atoms with Gasteiger partial charge in [-0.3, -0.25) is 0 Å². The zero-order chi connectivity index (χ0) is 24.2. The molecular weight excluding hydrogens is 438 g/mol. The Labute approximate surface area is 204 Å². The van der Waals surface area contributed by atoms with E-state index in [0.29, 0.717) is 30.6 Å². The van der Waals surface area contributed by atoms with Crippen molar-refractivity contribution in [2.75, 3.05) is 6.61 Å². The molecule has 4 aromatic carbocycles. The number of benzene rings is 4. The first-order valence-corrected chi connectivity index (χ1v) is 11.6. The van der Waals surface area contributed by atoms with Gasteiger partial charge in [0.15, 0.2) is 17.2 Å². The van der Waals surface area contributed by atoms with Crippen LogP contribution < -0.4 is 9.47 Å². The summed E-state index contributed by atoms with van der Waals surface area (Å²) in [6.45, 7) is 4.92. The summed E-state index contributed by atoms with van der Waals surface area (Å²) in [6, 6.07) is 27.6. The highest BCUT2D eigenvalue weighted by Gasteiger charge is 2.24. The highest BCUT2D eigenvalue weighted by Crippen LogP contribution is 2.31. The van der Waals surface area contributed by atoms with Gasteiger partial charge in [-0.2, -0.15) is 0 Å². The largest absolute Gasteiger partial charge is 0.490 e. The highest BCUT2D eigenvalue weighted by molar-refractivity contribution is 6.13. The zero-order valence-corrected chi connectivity index (χ0v) is 19.7. The molecule has 5 heteroatoms. The van der Waals surface area contributed by atoms with E-state index in [9.17, 15) is 4.79 Å². The van der Waals surface area contributed by atoms with Gasteiger partial charge in [0.2, 0.25) is 5.90 Å². The molecule has 0 aliphatic carbocycles. The monoisotopic (exact) mass is 463 g/mol. The molecule has 5 rings (SSSR count). The number of carbonyl (C=O) groups excluding carboxylic acids is 1. The van der Waals surface area contributed by atoms with Crippen LogP contribution in [0.15, 0.2) is 95.6 Å². The van der Waals surface area contributed by atoms with Crippen LogP contribution in [0.2, 0.25) is 0 Å². The second-order valence-corrected chi connectivity index (χ2v) is 8.25. The van der Waals surface area contributed by atoms with E-state index in [1.54, 1.807) is 6.08 Å². The minimum absolute atomic E-state index is 0.240. The number of carbonyl (C=O) groups is 1. The van der Waals surface area contributed by atoms with Gasteiger partial charge in [0, 0.05) is 5.56 Å². The van der Waals surface area contributed by atoms with E-state index in [0.717, 1.165) is 27.5 Å². The van der Waals surface area contributed by atoms with Crippen molar-refractivity contribution in [2.45, 2.75) is 20.5 Å². The van der Waals surface area contributed by atoms with Gasteiger partial charge in [0.1, 0.15) is 6.61 Å². The molecule has 0 unspecified atom stereocenters. The van der Waals surface area contributed by atoms with Gasteiger partial charge in [-0.15, -0.1) is 0 Å². The molecule has 1 heterocycles. The van der Waals surface area contributed by atoms with Crippen LogP contribution in [0.5, 0.6) is 11.5 Å². The van der Waals surface area contributed by atoms with Crippen LogP contribution in [-0.2, 0) is 16.1 Å². The van der Waals surface area contributed by atoms with Crippen molar-refractivity contribution in [3.8, 4) is 11.5 Å². The fourth-order valence-corrected chi connectivity index (χ4v) is 3.94. The molecule has 0 atom stereocenters. The van der Waals surface area contributed by atoms with Gasteiger partial charge in [0.25, 0.3) is 0 Å². The molecule has 0 fully saturated rings. The maximum atomic E-state index is 12.5. The number of fused-ring (bicyclic) bond motifs is 1. The number of cyclic esters (lactones) is 1. The van der Waals surface area contributed by atoms with Crippen LogP contribution in [0.1, 0.15) is 29.2 Å². The van der Waals surface area contributed by atoms with Crippen molar-refractivity contribution >= 4 is 28.7 Å². The van der Waals surface area contributed by atoms with Gasteiger partial charge in [-0.05, 0) is 71.7 Å². The summed E-state index contributed by atoms with van der Waals surface area (Å²) in [6.07, 6.45) is 1.70. The van der Waals surface area contributed by atoms with Crippen LogP contribution >= 0.6 is 0 Å². The topological polar surface area (TPSA) is 57.1 Å². The van der Waals surface area contributed by atoms with Gasteiger partial charge in [-0.25, -0.2) is 9.79 Å². The first-order chi connectivity index (χ1) is 17.1. The van der Waals surface area contributed by atoms with E-state index in [1.165, 1.54) is 5.56 Å². The van der Waals surface area contributed by atoms with E-state index in [1.807, 2.05) is 85.8 Å². The predicted octanol–water partition coefficient (Wildman–Crippen LogP) is 6.47. The molecule has 1 aliphatic rings. The lowest BCUT2D eigenvalue weighted by Gasteiger charge is -2.13. The molecule has 35 heavy (non-hydrogen) atoms. The van der Waals surface area contributed by atoms with Crippen molar-refractivity contribution < 1.29 is 19.0 Å². The third-order valence-corrected chi connectivity index (χ3v) is 5.83. The molecule has 5 nitrogen and oxygen atoms in total. The molecule has 0 bridgehead atoms. The van der Waals surface area contributed by atoms with E-state index < -0.39 is 5.97 Å². The maximum Gasteiger partial charge on any atom is 0.363 e. The normalized spacial score (nSPS) is 14.2. The van der Waals surface area contributed by atoms with Crippen molar-refractivity contribution in [3.63, 3.8) is 0 Å². The van der Waals surface area contributed by atoms with Crippen LogP contribution in [0.4, 0.5) is 0 Å². The van der Waals surface area contributed by atoms with E-state index in [-0.39, 0.29) is 5.70 Å². The van der Waals surface area contributed by atoms with Crippen molar-refractivity contribution in [3.05, 3.63) is 113 Å². The Morgan fingerprint density at radius 2 is 1.66 bits per heavy atom. The maximum absolute atomic E-state index is 12.5. The second kappa shape index (κ2) is 9.85. The number of aliphatic imine (C=N–C) groups is 1. The van der Waals surface area contributed by atoms with Gasteiger partial charge in [-0.1, -0.05) is 60.7 Å². The average molecular weight is 464 g/mol. The molecule has 0 saturated carbocycles. The molecule has 0 aromatic heterocycles. The Morgan fingerprint density at radius 3 is 2.49 bits per heavy atom. The Bertz CT molecular complexity index is 1470. The van der Waals surface area contributed by atoms with Crippen LogP contribution in [0.3, 0.4) is 0 Å². The van der Waals surface area contributed by atoms with E-state index in [4.69, 9.17) is 14.2 Å². The number of ether oxygens (including phenoxy) is 3. The first-order valence-electron chi connectivity index (χ1n) is 11.6. The minimum Gasteiger partial charge on any atom is -0.490 e. The molecular formula is C30H25NO4. The van der Waals surface area contributed by atoms with Crippen molar-refractivity contribution in [1.29, 1.82) is 0 Å². The Balaban J connectivity index is 1.39. The lowest BCUT2D eigenvalue weighted by atomic mass is 10.1. The summed E-state index contributed by atoms with van der Waals surface area (Å²) >= 11 is 0. The lowest BCUT2D eigenvalue weighted by molar-refractivity contribution is -0.129. The summed E-state index contributed by atoms with van der Waals surface area (Å²) in [7, 11) is 0. The average Bonchev–Trinajstić information content (AvgIpc) is 3.24. The van der Waals surface area contributed by atoms with E-state index >= 15 is 0 Å². The quantitative estimate of drug-likeness (QED) is 0.233. The lowest BCUT2D eigenvalue weighted by Crippen LogP contribution is -2.05. The highest BCUT2D eigenvalue weighted by atomic mass is 16.6. The van der Waals surface area contributed by atoms with Gasteiger partial charge >= 0.3 is 5.97 Å². The fraction of sp³-hybridized carbons (Fsp3) is 0.133. The Hall–Kier alpha value is -4.38. The molecule has 0 N–H and O–H groups in total. The fourth-order valence-electron chi connectivity index (χ4n) is 3.94. The summed E-state index contributed by atoms with van der Waals surface area (Å²) in [5.74, 6) is 1.08. The minimum atomic E-state index is -0.481. The Kier molecular flexibility index (Phi) is 6.31. The Morgan fingerprint density at radius 1 is 0.857 bits per heavy atom. The van der Waals surface area contributed by atoms with Crippen LogP contribution in [0, 0.1) is 6.92 Å². The number of hydrogen-bond donors (Lipinski definition) is 0. The van der Waals surface area contributed by atoms with Gasteiger partial charge < -0.3 is 14.2 Å². The standard InChI is InChI=1S/C30H25NO4/c1-3-33-28-17-21(12-15-27(28)34-19-25-11-5-4-8-20(25)2)16-26-30(32)35-29(31-26)24-14-13-22-9-6-7-10-23(22)18-24/h4-18H,3,19H2,1-2H3/b26-16-. The molecule has 174 valence electrons. The smallest absolute Gasteiger partial charge is 0.363 e. The number of hydrogen-bond acceptors (Lipinski definition) is 5.